The Morgan fingerprint density at radius 1 is 0.988 bits per heavy atom. The molecule has 7 N–H and O–H groups in total. The molecular weight excluding hydrogens is 1120 g/mol. The van der Waals surface area contributed by atoms with Crippen molar-refractivity contribution in [2.75, 3.05) is 13.1 Å². The third-order valence-corrected chi connectivity index (χ3v) is 18.0. The largest absolute Gasteiger partial charge is 0.399 e. The maximum atomic E-state index is 15.0. The zero-order chi connectivity index (χ0) is 57.2. The number of aromatic nitrogens is 1. The number of hydrogen-bond acceptors (Lipinski definition) is 12. The Bertz CT molecular complexity index is 3450. The van der Waals surface area contributed by atoms with Crippen LogP contribution in [0, 0.1) is 17.7 Å². The lowest BCUT2D eigenvalue weighted by Crippen LogP contribution is -2.61. The highest BCUT2D eigenvalue weighted by molar-refractivity contribution is 7.52. The number of fused-ring (bicyclic) bond motifs is 3. The van der Waals surface area contributed by atoms with Gasteiger partial charge in [-0.1, -0.05) is 42.0 Å². The van der Waals surface area contributed by atoms with E-state index in [0.717, 1.165) is 23.5 Å². The Morgan fingerprint density at radius 3 is 2.54 bits per heavy atom. The van der Waals surface area contributed by atoms with Crippen molar-refractivity contribution in [3.05, 3.63) is 109 Å². The molecule has 9 rings (SSSR count). The molecule has 2 unspecified atom stereocenters. The van der Waals surface area contributed by atoms with Gasteiger partial charge in [-0.3, -0.25) is 48.2 Å². The van der Waals surface area contributed by atoms with Crippen LogP contribution in [0.15, 0.2) is 66.0 Å². The molecule has 0 spiro atoms. The topological polar surface area (TPSA) is 279 Å². The van der Waals surface area contributed by atoms with Crippen LogP contribution in [-0.2, 0) is 45.5 Å². The van der Waals surface area contributed by atoms with E-state index in [0.29, 0.717) is 69.8 Å². The number of benzene rings is 3. The number of nitrogens with two attached hydrogens (primary N) is 1. The molecule has 0 radical (unpaired) electrons. The van der Waals surface area contributed by atoms with E-state index in [1.165, 1.54) is 56.4 Å². The van der Waals surface area contributed by atoms with Crippen LogP contribution >= 0.6 is 41.9 Å². The molecule has 3 aromatic carbocycles. The first kappa shape index (κ1) is 57.7. The van der Waals surface area contributed by atoms with Crippen molar-refractivity contribution >= 4 is 99.2 Å². The highest BCUT2D eigenvalue weighted by atomic mass is 35.5. The number of rotatable bonds is 17. The van der Waals surface area contributed by atoms with E-state index in [2.05, 4.69) is 32.8 Å². The van der Waals surface area contributed by atoms with Crippen LogP contribution in [0.2, 0.25) is 5.02 Å². The van der Waals surface area contributed by atoms with Crippen LogP contribution in [-0.4, -0.2) is 114 Å². The molecule has 8 amide bonds. The number of thiazole rings is 1. The number of carbonyl (C=O) groups is 8. The molecule has 4 aliphatic rings. The van der Waals surface area contributed by atoms with Gasteiger partial charge >= 0.3 is 13.3 Å². The molecule has 26 heteroatoms. The van der Waals surface area contributed by atoms with Gasteiger partial charge in [0.15, 0.2) is 0 Å². The number of nitrogens with one attached hydrogen (secondary N) is 3. The van der Waals surface area contributed by atoms with Crippen LogP contribution < -0.4 is 21.7 Å². The van der Waals surface area contributed by atoms with Crippen molar-refractivity contribution in [2.24, 2.45) is 5.73 Å². The third kappa shape index (κ3) is 12.5. The summed E-state index contributed by atoms with van der Waals surface area (Å²) in [6.07, 6.45) is 3.36. The number of piperidine rings is 1. The predicted molar refractivity (Wildman–Crippen MR) is 288 cm³/mol. The Balaban J connectivity index is 0.884. The number of thiophene rings is 1. The number of imide groups is 1. The Labute approximate surface area is 468 Å². The molecule has 3 saturated heterocycles. The summed E-state index contributed by atoms with van der Waals surface area (Å²) in [7, 11) is -5.92. The smallest absolute Gasteiger partial charge is 0.370 e. The van der Waals surface area contributed by atoms with Crippen molar-refractivity contribution < 1.29 is 65.9 Å². The number of unbranched alkanes of at least 4 members (excludes halogenated alkanes) is 3. The standard InChI is InChI=1S/C54H53ClF3N8O11PS2/c55-36-24-30(11-14-37(36)56)40-28-79-51(62-40)38(15-19-45(59)67)60-49(71)42-16-13-33-21-22-64(27-39(53(74)66(33)42)61-50(72)44-25-31-23-32(12-18-43(31)80-44)54(57,58)78(75,76)77)47(69)10-5-3-1-2-4-7-29-8-6-9-34-35(29)26-65(52(34)73)41-17-20-46(68)63-48(41)70/h6,8-9,11-12,14,18,23-25,28,33,38-39,41-42H,1-3,5,10,13,15-17,19-22,26-27H2,(H2,59,67)(H,60,71)(H,61,72)(H,63,68,70)(H2,75,76,77)/t33-,38?,39+,41?,42+/m1/s1. The molecule has 4 aliphatic heterocycles. The zero-order valence-corrected chi connectivity index (χ0v) is 45.8. The second kappa shape index (κ2) is 24.0. The van der Waals surface area contributed by atoms with E-state index in [1.54, 1.807) is 23.6 Å². The molecule has 0 saturated carbocycles. The average Bonchev–Trinajstić information content (AvgIpc) is 4.34. The lowest BCUT2D eigenvalue weighted by Gasteiger charge is -2.39. The summed E-state index contributed by atoms with van der Waals surface area (Å²) in [5, 5.41) is 10.0. The summed E-state index contributed by atoms with van der Waals surface area (Å²) in [6, 6.07) is 8.80. The van der Waals surface area contributed by atoms with Gasteiger partial charge in [-0.15, -0.1) is 22.7 Å². The fraction of sp³-hybridized carbons (Fsp3) is 0.389. The predicted octanol–water partition coefficient (Wildman–Crippen LogP) is 6.62. The number of carbonyl (C=O) groups excluding carboxylic acids is 8. The van der Waals surface area contributed by atoms with E-state index in [-0.39, 0.29) is 97.6 Å². The molecule has 6 heterocycles. The Morgan fingerprint density at radius 2 is 1.79 bits per heavy atom. The minimum atomic E-state index is -5.92. The lowest BCUT2D eigenvalue weighted by molar-refractivity contribution is -0.145. The average molecular weight is 1180 g/mol. The summed E-state index contributed by atoms with van der Waals surface area (Å²) in [6.45, 7) is 0.0412. The van der Waals surface area contributed by atoms with Crippen LogP contribution in [0.1, 0.15) is 125 Å². The maximum Gasteiger partial charge on any atom is 0.399 e. The van der Waals surface area contributed by atoms with Crippen LogP contribution in [0.3, 0.4) is 0 Å². The van der Waals surface area contributed by atoms with E-state index >= 15 is 0 Å². The molecule has 19 nitrogen and oxygen atoms in total. The molecule has 5 atom stereocenters. The number of primary amides is 1. The van der Waals surface area contributed by atoms with Gasteiger partial charge in [0.2, 0.25) is 35.4 Å². The van der Waals surface area contributed by atoms with Gasteiger partial charge < -0.3 is 40.9 Å². The summed E-state index contributed by atoms with van der Waals surface area (Å²) >= 11 is 8.08. The highest BCUT2D eigenvalue weighted by Crippen LogP contribution is 2.59. The summed E-state index contributed by atoms with van der Waals surface area (Å²) < 4.78 is 55.4. The fourth-order valence-electron chi connectivity index (χ4n) is 10.4. The quantitative estimate of drug-likeness (QED) is 0.0248. The van der Waals surface area contributed by atoms with Gasteiger partial charge in [0.25, 0.3) is 11.8 Å². The second-order valence-corrected chi connectivity index (χ2v) is 24.0. The van der Waals surface area contributed by atoms with Crippen LogP contribution in [0.5, 0.6) is 0 Å². The maximum absolute atomic E-state index is 15.0. The molecular formula is C54H53ClF3N8O11PS2. The first-order valence-electron chi connectivity index (χ1n) is 25.7. The van der Waals surface area contributed by atoms with Crippen molar-refractivity contribution in [3.63, 3.8) is 0 Å². The Hall–Kier alpha value is -7.00. The molecule has 0 bridgehead atoms. The fourth-order valence-corrected chi connectivity index (χ4v) is 13.0. The monoisotopic (exact) mass is 1180 g/mol. The minimum Gasteiger partial charge on any atom is -0.370 e. The second-order valence-electron chi connectivity index (χ2n) is 20.0. The van der Waals surface area contributed by atoms with Crippen molar-refractivity contribution in [1.29, 1.82) is 0 Å². The van der Waals surface area contributed by atoms with E-state index in [4.69, 9.17) is 17.3 Å². The molecule has 5 aromatic rings. The zero-order valence-electron chi connectivity index (χ0n) is 42.6. The normalized spacial score (nSPS) is 19.9. The number of halogens is 4. The number of alkyl halides is 2. The van der Waals surface area contributed by atoms with Crippen molar-refractivity contribution in [1.82, 2.24) is 35.6 Å². The van der Waals surface area contributed by atoms with E-state index < -0.39 is 84.4 Å². The number of nitrogens with zero attached hydrogens (tertiary/aromatic N) is 4. The van der Waals surface area contributed by atoms with Crippen LogP contribution in [0.4, 0.5) is 13.2 Å². The molecule has 2 aromatic heterocycles. The van der Waals surface area contributed by atoms with E-state index in [1.807, 2.05) is 0 Å². The Kier molecular flexibility index (Phi) is 17.3. The molecule has 3 fully saturated rings. The van der Waals surface area contributed by atoms with Gasteiger partial charge in [0.1, 0.15) is 29.0 Å². The van der Waals surface area contributed by atoms with Gasteiger partial charge in [0, 0.05) is 83.7 Å². The summed E-state index contributed by atoms with van der Waals surface area (Å²) in [5.74, 6) is 1.50. The summed E-state index contributed by atoms with van der Waals surface area (Å²) in [4.78, 5) is 135. The molecule has 80 heavy (non-hydrogen) atoms. The number of amides is 8. The van der Waals surface area contributed by atoms with Crippen LogP contribution in [0.25, 0.3) is 21.3 Å². The lowest BCUT2D eigenvalue weighted by atomic mass is 10.0. The molecule has 0 aliphatic carbocycles. The first-order chi connectivity index (χ1) is 38.1. The third-order valence-electron chi connectivity index (χ3n) is 14.6. The summed E-state index contributed by atoms with van der Waals surface area (Å²) in [5.41, 5.74) is 2.78. The van der Waals surface area contributed by atoms with E-state index in [9.17, 15) is 65.9 Å². The van der Waals surface area contributed by atoms with Gasteiger partial charge in [-0.2, -0.15) is 8.78 Å². The van der Waals surface area contributed by atoms with Gasteiger partial charge in [0.05, 0.1) is 21.6 Å². The van der Waals surface area contributed by atoms with Gasteiger partial charge in [-0.05, 0) is 104 Å². The minimum absolute atomic E-state index is 0.0397. The number of hydrogen-bond donors (Lipinski definition) is 6. The van der Waals surface area contributed by atoms with Crippen molar-refractivity contribution in [3.8, 4) is 23.1 Å². The SMILES string of the molecule is NC(=O)CCC(NC(=O)[C@@H]1CC[C@@H]2CCN(C(=O)CCCCCC#Cc3cccc4c3CN(C3CCC(=O)NC3=O)C4=O)C[C@H](NC(=O)c3cc4cc(C(F)(F)P(=O)(O)O)ccc4s3)C(=O)N21)c1nc(-c2ccc(F)c(Cl)c2)cs1. The van der Waals surface area contributed by atoms with Gasteiger partial charge in [-0.25, -0.2) is 9.37 Å². The first-order valence-corrected chi connectivity index (χ1v) is 29.4. The highest BCUT2D eigenvalue weighted by Gasteiger charge is 2.51. The van der Waals surface area contributed by atoms with Crippen molar-refractivity contribution in [2.45, 2.75) is 119 Å². The molecule has 420 valence electrons.